The SMILES string of the molecule is CC(C)c1ccc(NC(=O)NCc2ccc(F)c(F)c2)cc1. The molecule has 0 aliphatic rings. The summed E-state index contributed by atoms with van der Waals surface area (Å²) in [6, 6.07) is 10.7. The number of anilines is 1. The fourth-order valence-corrected chi connectivity index (χ4v) is 1.96. The molecule has 0 bridgehead atoms. The van der Waals surface area contributed by atoms with Crippen molar-refractivity contribution in [3.05, 3.63) is 65.2 Å². The molecule has 0 fully saturated rings. The van der Waals surface area contributed by atoms with Crippen LogP contribution >= 0.6 is 0 Å². The van der Waals surface area contributed by atoms with Crippen molar-refractivity contribution in [1.29, 1.82) is 0 Å². The molecule has 3 nitrogen and oxygen atoms in total. The molecule has 0 aliphatic heterocycles. The molecule has 0 aliphatic carbocycles. The number of carbonyl (C=O) groups excluding carboxylic acids is 1. The lowest BCUT2D eigenvalue weighted by Gasteiger charge is -2.10. The van der Waals surface area contributed by atoms with Gasteiger partial charge in [0.1, 0.15) is 0 Å². The average molecular weight is 304 g/mol. The van der Waals surface area contributed by atoms with Crippen LogP contribution in [0, 0.1) is 11.6 Å². The van der Waals surface area contributed by atoms with Crippen LogP contribution in [-0.4, -0.2) is 6.03 Å². The maximum absolute atomic E-state index is 13.1. The van der Waals surface area contributed by atoms with E-state index in [-0.39, 0.29) is 6.54 Å². The molecular formula is C17H18F2N2O. The Morgan fingerprint density at radius 3 is 2.32 bits per heavy atom. The smallest absolute Gasteiger partial charge is 0.319 e. The van der Waals surface area contributed by atoms with Crippen molar-refractivity contribution < 1.29 is 13.6 Å². The summed E-state index contributed by atoms with van der Waals surface area (Å²) in [6.07, 6.45) is 0. The fraction of sp³-hybridized carbons (Fsp3) is 0.235. The number of urea groups is 1. The van der Waals surface area contributed by atoms with Crippen LogP contribution in [0.3, 0.4) is 0 Å². The summed E-state index contributed by atoms with van der Waals surface area (Å²) in [6.45, 7) is 4.31. The van der Waals surface area contributed by atoms with E-state index in [4.69, 9.17) is 0 Å². The second-order valence-corrected chi connectivity index (χ2v) is 5.33. The van der Waals surface area contributed by atoms with Crippen LogP contribution in [0.1, 0.15) is 30.9 Å². The molecule has 0 atom stereocenters. The summed E-state index contributed by atoms with van der Waals surface area (Å²) in [4.78, 5) is 11.8. The molecule has 22 heavy (non-hydrogen) atoms. The molecule has 2 aromatic rings. The van der Waals surface area contributed by atoms with Gasteiger partial charge in [-0.25, -0.2) is 13.6 Å². The quantitative estimate of drug-likeness (QED) is 0.863. The fourth-order valence-electron chi connectivity index (χ4n) is 1.96. The highest BCUT2D eigenvalue weighted by Gasteiger charge is 2.05. The van der Waals surface area contributed by atoms with E-state index in [0.29, 0.717) is 17.2 Å². The van der Waals surface area contributed by atoms with Crippen molar-refractivity contribution in [2.75, 3.05) is 5.32 Å². The molecule has 0 radical (unpaired) electrons. The summed E-state index contributed by atoms with van der Waals surface area (Å²) < 4.78 is 25.8. The first kappa shape index (κ1) is 15.9. The van der Waals surface area contributed by atoms with Crippen molar-refractivity contribution in [3.63, 3.8) is 0 Å². The van der Waals surface area contributed by atoms with Crippen LogP contribution in [0.15, 0.2) is 42.5 Å². The van der Waals surface area contributed by atoms with Crippen molar-refractivity contribution in [3.8, 4) is 0 Å². The maximum Gasteiger partial charge on any atom is 0.319 e. The molecule has 0 spiro atoms. The molecule has 0 saturated heterocycles. The molecule has 0 heterocycles. The molecule has 2 aromatic carbocycles. The predicted octanol–water partition coefficient (Wildman–Crippen LogP) is 4.41. The molecule has 2 amide bonds. The monoisotopic (exact) mass is 304 g/mol. The lowest BCUT2D eigenvalue weighted by Crippen LogP contribution is -2.28. The average Bonchev–Trinajstić information content (AvgIpc) is 2.49. The lowest BCUT2D eigenvalue weighted by atomic mass is 10.0. The first-order chi connectivity index (χ1) is 10.5. The number of hydrogen-bond acceptors (Lipinski definition) is 1. The van der Waals surface area contributed by atoms with Gasteiger partial charge in [0, 0.05) is 12.2 Å². The van der Waals surface area contributed by atoms with Crippen LogP contribution in [0.25, 0.3) is 0 Å². The van der Waals surface area contributed by atoms with Gasteiger partial charge in [-0.3, -0.25) is 0 Å². The Morgan fingerprint density at radius 2 is 1.73 bits per heavy atom. The Kier molecular flexibility index (Phi) is 5.09. The minimum atomic E-state index is -0.927. The Morgan fingerprint density at radius 1 is 1.05 bits per heavy atom. The van der Waals surface area contributed by atoms with E-state index in [1.807, 2.05) is 24.3 Å². The number of amides is 2. The van der Waals surface area contributed by atoms with Gasteiger partial charge in [-0.05, 0) is 41.3 Å². The topological polar surface area (TPSA) is 41.1 Å². The van der Waals surface area contributed by atoms with Gasteiger partial charge in [-0.15, -0.1) is 0 Å². The number of rotatable bonds is 4. The van der Waals surface area contributed by atoms with Crippen LogP contribution in [0.2, 0.25) is 0 Å². The van der Waals surface area contributed by atoms with Crippen LogP contribution in [-0.2, 0) is 6.54 Å². The summed E-state index contributed by atoms with van der Waals surface area (Å²) in [5.74, 6) is -1.40. The third-order valence-corrected chi connectivity index (χ3v) is 3.27. The minimum absolute atomic E-state index is 0.118. The van der Waals surface area contributed by atoms with Crippen molar-refractivity contribution in [2.24, 2.45) is 0 Å². The van der Waals surface area contributed by atoms with Crippen LogP contribution in [0.5, 0.6) is 0 Å². The summed E-state index contributed by atoms with van der Waals surface area (Å²) in [5, 5.41) is 5.28. The number of carbonyl (C=O) groups is 1. The lowest BCUT2D eigenvalue weighted by molar-refractivity contribution is 0.251. The normalized spacial score (nSPS) is 10.6. The van der Waals surface area contributed by atoms with E-state index in [9.17, 15) is 13.6 Å². The predicted molar refractivity (Wildman–Crippen MR) is 82.7 cm³/mol. The first-order valence-electron chi connectivity index (χ1n) is 7.04. The van der Waals surface area contributed by atoms with E-state index in [1.54, 1.807) is 0 Å². The van der Waals surface area contributed by atoms with Gasteiger partial charge in [-0.1, -0.05) is 32.0 Å². The second kappa shape index (κ2) is 7.02. The van der Waals surface area contributed by atoms with Crippen LogP contribution in [0.4, 0.5) is 19.3 Å². The molecule has 5 heteroatoms. The number of benzene rings is 2. The number of halogens is 2. The van der Waals surface area contributed by atoms with Crippen molar-refractivity contribution in [1.82, 2.24) is 5.32 Å². The van der Waals surface area contributed by atoms with Gasteiger partial charge >= 0.3 is 6.03 Å². The highest BCUT2D eigenvalue weighted by molar-refractivity contribution is 5.89. The zero-order valence-electron chi connectivity index (χ0n) is 12.5. The summed E-state index contributed by atoms with van der Waals surface area (Å²) in [5.41, 5.74) is 2.35. The zero-order chi connectivity index (χ0) is 16.1. The Labute approximate surface area is 128 Å². The van der Waals surface area contributed by atoms with Crippen molar-refractivity contribution >= 4 is 11.7 Å². The van der Waals surface area contributed by atoms with E-state index < -0.39 is 17.7 Å². The summed E-state index contributed by atoms with van der Waals surface area (Å²) >= 11 is 0. The van der Waals surface area contributed by atoms with Gasteiger partial charge in [0.05, 0.1) is 0 Å². The van der Waals surface area contributed by atoms with Gasteiger partial charge in [-0.2, -0.15) is 0 Å². The third kappa shape index (κ3) is 4.28. The summed E-state index contributed by atoms with van der Waals surface area (Å²) in [7, 11) is 0. The van der Waals surface area contributed by atoms with Gasteiger partial charge in [0.2, 0.25) is 0 Å². The Bertz CT molecular complexity index is 654. The van der Waals surface area contributed by atoms with Gasteiger partial charge in [0.15, 0.2) is 11.6 Å². The third-order valence-electron chi connectivity index (χ3n) is 3.27. The molecule has 116 valence electrons. The Balaban J connectivity index is 1.88. The van der Waals surface area contributed by atoms with E-state index >= 15 is 0 Å². The van der Waals surface area contributed by atoms with Crippen LogP contribution < -0.4 is 10.6 Å². The minimum Gasteiger partial charge on any atom is -0.334 e. The number of hydrogen-bond donors (Lipinski definition) is 2. The van der Waals surface area contributed by atoms with Crippen molar-refractivity contribution in [2.45, 2.75) is 26.3 Å². The van der Waals surface area contributed by atoms with E-state index in [2.05, 4.69) is 24.5 Å². The largest absolute Gasteiger partial charge is 0.334 e. The molecule has 0 aromatic heterocycles. The second-order valence-electron chi connectivity index (χ2n) is 5.33. The zero-order valence-corrected chi connectivity index (χ0v) is 12.5. The van der Waals surface area contributed by atoms with E-state index in [0.717, 1.165) is 12.1 Å². The maximum atomic E-state index is 13.1. The molecule has 2 N–H and O–H groups in total. The standard InChI is InChI=1S/C17H18F2N2O/c1-11(2)13-4-6-14(7-5-13)21-17(22)20-10-12-3-8-15(18)16(19)9-12/h3-9,11H,10H2,1-2H3,(H2,20,21,22). The molecule has 2 rings (SSSR count). The van der Waals surface area contributed by atoms with Gasteiger partial charge < -0.3 is 10.6 Å². The number of nitrogens with one attached hydrogen (secondary N) is 2. The molecular weight excluding hydrogens is 286 g/mol. The molecule has 0 unspecified atom stereocenters. The van der Waals surface area contributed by atoms with E-state index in [1.165, 1.54) is 11.6 Å². The Hall–Kier alpha value is -2.43. The highest BCUT2D eigenvalue weighted by Crippen LogP contribution is 2.17. The molecule has 0 saturated carbocycles. The first-order valence-corrected chi connectivity index (χ1v) is 7.04. The highest BCUT2D eigenvalue weighted by atomic mass is 19.2. The van der Waals surface area contributed by atoms with Gasteiger partial charge in [0.25, 0.3) is 0 Å².